The summed E-state index contributed by atoms with van der Waals surface area (Å²) in [5.74, 6) is -0.00438. The van der Waals surface area contributed by atoms with Crippen LogP contribution in [-0.4, -0.2) is 11.9 Å². The lowest BCUT2D eigenvalue weighted by Gasteiger charge is -2.13. The number of nitrogens with one attached hydrogen (secondary N) is 1. The molecule has 1 amide bonds. The number of hydrogen-bond donors (Lipinski definition) is 1. The molecule has 1 heterocycles. The smallest absolute Gasteiger partial charge is 0.254 e. The van der Waals surface area contributed by atoms with Gasteiger partial charge in [-0.15, -0.1) is 0 Å². The Morgan fingerprint density at radius 1 is 1.32 bits per heavy atom. The van der Waals surface area contributed by atoms with E-state index >= 15 is 0 Å². The maximum Gasteiger partial charge on any atom is 0.254 e. The van der Waals surface area contributed by atoms with E-state index in [-0.39, 0.29) is 17.5 Å². The SMILES string of the molecule is CC(CCc1ccco1)NC(=O)c1ccccc1F. The van der Waals surface area contributed by atoms with Crippen LogP contribution in [0.4, 0.5) is 4.39 Å². The van der Waals surface area contributed by atoms with Crippen LogP contribution in [0.5, 0.6) is 0 Å². The van der Waals surface area contributed by atoms with Crippen LogP contribution in [0.1, 0.15) is 29.5 Å². The predicted octanol–water partition coefficient (Wildman–Crippen LogP) is 3.17. The van der Waals surface area contributed by atoms with Gasteiger partial charge in [-0.2, -0.15) is 0 Å². The highest BCUT2D eigenvalue weighted by atomic mass is 19.1. The van der Waals surface area contributed by atoms with Crippen molar-refractivity contribution in [3.05, 3.63) is 59.8 Å². The third-order valence-electron chi connectivity index (χ3n) is 2.90. The van der Waals surface area contributed by atoms with Gasteiger partial charge in [0.1, 0.15) is 11.6 Å². The molecule has 3 nitrogen and oxygen atoms in total. The summed E-state index contributed by atoms with van der Waals surface area (Å²) in [6, 6.07) is 9.64. The van der Waals surface area contributed by atoms with Gasteiger partial charge in [0.15, 0.2) is 0 Å². The number of aryl methyl sites for hydroxylation is 1. The van der Waals surface area contributed by atoms with Crippen molar-refractivity contribution < 1.29 is 13.6 Å². The quantitative estimate of drug-likeness (QED) is 0.898. The van der Waals surface area contributed by atoms with Crippen LogP contribution in [0.25, 0.3) is 0 Å². The minimum atomic E-state index is -0.502. The molecule has 1 unspecified atom stereocenters. The fourth-order valence-corrected chi connectivity index (χ4v) is 1.83. The molecule has 0 aliphatic rings. The Morgan fingerprint density at radius 3 is 2.79 bits per heavy atom. The molecule has 0 radical (unpaired) electrons. The number of furan rings is 1. The first kappa shape index (κ1) is 13.3. The summed E-state index contributed by atoms with van der Waals surface area (Å²) in [5.41, 5.74) is 0.0762. The third kappa shape index (κ3) is 3.68. The van der Waals surface area contributed by atoms with E-state index in [0.29, 0.717) is 0 Å². The van der Waals surface area contributed by atoms with Crippen molar-refractivity contribution in [3.8, 4) is 0 Å². The molecule has 0 aliphatic heterocycles. The lowest BCUT2D eigenvalue weighted by molar-refractivity contribution is 0.0934. The maximum atomic E-state index is 13.4. The molecule has 0 saturated carbocycles. The third-order valence-corrected chi connectivity index (χ3v) is 2.90. The molecule has 1 atom stereocenters. The molecule has 0 saturated heterocycles. The lowest BCUT2D eigenvalue weighted by atomic mass is 10.1. The van der Waals surface area contributed by atoms with Gasteiger partial charge in [-0.1, -0.05) is 12.1 Å². The topological polar surface area (TPSA) is 42.2 Å². The van der Waals surface area contributed by atoms with Crippen LogP contribution < -0.4 is 5.32 Å². The van der Waals surface area contributed by atoms with E-state index in [0.717, 1.165) is 18.6 Å². The first-order chi connectivity index (χ1) is 9.16. The Balaban J connectivity index is 1.87. The van der Waals surface area contributed by atoms with Crippen LogP contribution in [0.15, 0.2) is 47.1 Å². The monoisotopic (exact) mass is 261 g/mol. The van der Waals surface area contributed by atoms with Crippen LogP contribution in [0.2, 0.25) is 0 Å². The van der Waals surface area contributed by atoms with E-state index in [4.69, 9.17) is 4.42 Å². The van der Waals surface area contributed by atoms with E-state index in [1.54, 1.807) is 18.4 Å². The van der Waals surface area contributed by atoms with E-state index < -0.39 is 5.82 Å². The summed E-state index contributed by atoms with van der Waals surface area (Å²) in [6.45, 7) is 1.89. The second-order valence-electron chi connectivity index (χ2n) is 4.47. The second-order valence-corrected chi connectivity index (χ2v) is 4.47. The Labute approximate surface area is 111 Å². The van der Waals surface area contributed by atoms with Crippen LogP contribution in [0, 0.1) is 5.82 Å². The number of rotatable bonds is 5. The molecule has 0 fully saturated rings. The summed E-state index contributed by atoms with van der Waals surface area (Å²) in [5, 5.41) is 2.78. The zero-order chi connectivity index (χ0) is 13.7. The number of benzene rings is 1. The lowest BCUT2D eigenvalue weighted by Crippen LogP contribution is -2.33. The van der Waals surface area contributed by atoms with Crippen molar-refractivity contribution >= 4 is 5.91 Å². The summed E-state index contributed by atoms with van der Waals surface area (Å²) in [4.78, 5) is 11.9. The summed E-state index contributed by atoms with van der Waals surface area (Å²) in [6.07, 6.45) is 3.11. The molecule has 4 heteroatoms. The Hall–Kier alpha value is -2.10. The van der Waals surface area contributed by atoms with Crippen molar-refractivity contribution in [1.82, 2.24) is 5.32 Å². The number of halogens is 1. The molecular weight excluding hydrogens is 245 g/mol. The summed E-state index contributed by atoms with van der Waals surface area (Å²) >= 11 is 0. The number of hydrogen-bond acceptors (Lipinski definition) is 2. The van der Waals surface area contributed by atoms with Gasteiger partial charge in [-0.25, -0.2) is 4.39 Å². The Morgan fingerprint density at radius 2 is 2.11 bits per heavy atom. The Bertz CT molecular complexity index is 537. The van der Waals surface area contributed by atoms with E-state index in [2.05, 4.69) is 5.32 Å². The molecule has 19 heavy (non-hydrogen) atoms. The highest BCUT2D eigenvalue weighted by Crippen LogP contribution is 2.09. The molecule has 0 spiro atoms. The molecule has 2 rings (SSSR count). The van der Waals surface area contributed by atoms with Gasteiger partial charge in [0.25, 0.3) is 5.91 Å². The van der Waals surface area contributed by atoms with Gasteiger partial charge < -0.3 is 9.73 Å². The van der Waals surface area contributed by atoms with Gasteiger partial charge in [0, 0.05) is 12.5 Å². The van der Waals surface area contributed by atoms with Crippen molar-refractivity contribution in [1.29, 1.82) is 0 Å². The minimum Gasteiger partial charge on any atom is -0.469 e. The molecule has 1 aromatic carbocycles. The van der Waals surface area contributed by atoms with Crippen LogP contribution in [-0.2, 0) is 6.42 Å². The number of carbonyl (C=O) groups excluding carboxylic acids is 1. The van der Waals surface area contributed by atoms with Crippen LogP contribution in [0.3, 0.4) is 0 Å². The molecule has 1 N–H and O–H groups in total. The van der Waals surface area contributed by atoms with Crippen molar-refractivity contribution in [2.45, 2.75) is 25.8 Å². The first-order valence-corrected chi connectivity index (χ1v) is 6.24. The van der Waals surface area contributed by atoms with Gasteiger partial charge in [0.2, 0.25) is 0 Å². The van der Waals surface area contributed by atoms with Crippen molar-refractivity contribution in [2.75, 3.05) is 0 Å². The standard InChI is InChI=1S/C15H16FNO2/c1-11(8-9-12-5-4-10-19-12)17-15(18)13-6-2-3-7-14(13)16/h2-7,10-11H,8-9H2,1H3,(H,17,18). The Kier molecular flexibility index (Phi) is 4.34. The average Bonchev–Trinajstić information content (AvgIpc) is 2.90. The zero-order valence-corrected chi connectivity index (χ0v) is 10.7. The normalized spacial score (nSPS) is 12.1. The summed E-state index contributed by atoms with van der Waals surface area (Å²) < 4.78 is 18.6. The van der Waals surface area contributed by atoms with Crippen molar-refractivity contribution in [2.24, 2.45) is 0 Å². The fourth-order valence-electron chi connectivity index (χ4n) is 1.83. The summed E-state index contributed by atoms with van der Waals surface area (Å²) in [7, 11) is 0. The van der Waals surface area contributed by atoms with Crippen LogP contribution >= 0.6 is 0 Å². The molecule has 0 aliphatic carbocycles. The number of amides is 1. The molecule has 0 bridgehead atoms. The maximum absolute atomic E-state index is 13.4. The van der Waals surface area contributed by atoms with Gasteiger partial charge in [0.05, 0.1) is 11.8 Å². The largest absolute Gasteiger partial charge is 0.469 e. The second kappa shape index (κ2) is 6.18. The van der Waals surface area contributed by atoms with Gasteiger partial charge >= 0.3 is 0 Å². The van der Waals surface area contributed by atoms with E-state index in [9.17, 15) is 9.18 Å². The number of carbonyl (C=O) groups is 1. The molecule has 100 valence electrons. The molecule has 1 aromatic heterocycles. The average molecular weight is 261 g/mol. The fraction of sp³-hybridized carbons (Fsp3) is 0.267. The first-order valence-electron chi connectivity index (χ1n) is 6.24. The van der Waals surface area contributed by atoms with Crippen molar-refractivity contribution in [3.63, 3.8) is 0 Å². The molecular formula is C15H16FNO2. The predicted molar refractivity (Wildman–Crippen MR) is 70.4 cm³/mol. The molecule has 2 aromatic rings. The minimum absolute atomic E-state index is 0.0443. The van der Waals surface area contributed by atoms with Gasteiger partial charge in [-0.3, -0.25) is 4.79 Å². The highest BCUT2D eigenvalue weighted by molar-refractivity contribution is 5.94. The van der Waals surface area contributed by atoms with E-state index in [1.165, 1.54) is 12.1 Å². The van der Waals surface area contributed by atoms with Gasteiger partial charge in [-0.05, 0) is 37.6 Å². The zero-order valence-electron chi connectivity index (χ0n) is 10.7. The van der Waals surface area contributed by atoms with E-state index in [1.807, 2.05) is 19.1 Å². The highest BCUT2D eigenvalue weighted by Gasteiger charge is 2.13.